The number of carboxylic acids is 1. The number of hydrogen-bond donors (Lipinski definition) is 1. The van der Waals surface area contributed by atoms with Crippen LogP contribution in [0, 0.1) is 11.8 Å². The number of halogens is 1. The minimum absolute atomic E-state index is 0.118. The third kappa shape index (κ3) is 4.30. The van der Waals surface area contributed by atoms with Crippen LogP contribution >= 0.6 is 15.9 Å². The first-order valence-electron chi connectivity index (χ1n) is 10.2. The Bertz CT molecular complexity index is 688. The largest absolute Gasteiger partial charge is 0.481 e. The zero-order chi connectivity index (χ0) is 18.8. The number of nitrogens with zero attached hydrogens (tertiary/aromatic N) is 2. The summed E-state index contributed by atoms with van der Waals surface area (Å²) in [6.07, 6.45) is 9.38. The molecule has 3 aliphatic heterocycles. The normalized spacial score (nSPS) is 31.7. The predicted molar refractivity (Wildman–Crippen MR) is 111 cm³/mol. The summed E-state index contributed by atoms with van der Waals surface area (Å²) in [6, 6.07) is 9.65. The third-order valence-electron chi connectivity index (χ3n) is 6.60. The van der Waals surface area contributed by atoms with E-state index in [1.165, 1.54) is 44.3 Å². The molecule has 3 aliphatic rings. The molecule has 0 aliphatic carbocycles. The average molecular weight is 433 g/mol. The minimum atomic E-state index is -0.748. The Kier molecular flexibility index (Phi) is 6.00. The summed E-state index contributed by atoms with van der Waals surface area (Å²) in [5.41, 5.74) is 1.33. The zero-order valence-corrected chi connectivity index (χ0v) is 17.4. The van der Waals surface area contributed by atoms with Gasteiger partial charge in [-0.05, 0) is 68.3 Å². The highest BCUT2D eigenvalue weighted by Gasteiger charge is 2.47. The molecule has 1 aromatic carbocycles. The zero-order valence-electron chi connectivity index (χ0n) is 15.8. The van der Waals surface area contributed by atoms with Gasteiger partial charge in [-0.15, -0.1) is 0 Å². The van der Waals surface area contributed by atoms with Gasteiger partial charge in [0.05, 0.1) is 6.42 Å². The topological polar surface area (TPSA) is 43.8 Å². The van der Waals surface area contributed by atoms with Crippen LogP contribution in [0.5, 0.6) is 0 Å². The van der Waals surface area contributed by atoms with Crippen LogP contribution in [-0.4, -0.2) is 52.6 Å². The van der Waals surface area contributed by atoms with Crippen molar-refractivity contribution in [2.45, 2.75) is 50.7 Å². The predicted octanol–water partition coefficient (Wildman–Crippen LogP) is 4.15. The molecule has 0 spiro atoms. The Labute approximate surface area is 170 Å². The first-order valence-corrected chi connectivity index (χ1v) is 11.0. The van der Waals surface area contributed by atoms with Crippen molar-refractivity contribution in [2.75, 3.05) is 19.6 Å². The second-order valence-corrected chi connectivity index (χ2v) is 9.22. The van der Waals surface area contributed by atoms with Gasteiger partial charge in [-0.2, -0.15) is 0 Å². The smallest absolute Gasteiger partial charge is 0.307 e. The van der Waals surface area contributed by atoms with Crippen LogP contribution in [0.15, 0.2) is 40.9 Å². The van der Waals surface area contributed by atoms with Crippen LogP contribution in [0.3, 0.4) is 0 Å². The van der Waals surface area contributed by atoms with Gasteiger partial charge in [0.2, 0.25) is 0 Å². The monoisotopic (exact) mass is 432 g/mol. The maximum Gasteiger partial charge on any atom is 0.307 e. The molecule has 146 valence electrons. The molecule has 3 fully saturated rings. The molecule has 1 aromatic rings. The molecule has 0 radical (unpaired) electrons. The summed E-state index contributed by atoms with van der Waals surface area (Å²) in [5, 5.41) is 9.06. The molecule has 5 heteroatoms. The van der Waals surface area contributed by atoms with E-state index in [-0.39, 0.29) is 6.42 Å². The van der Waals surface area contributed by atoms with E-state index in [1.807, 2.05) is 6.08 Å². The Morgan fingerprint density at radius 2 is 1.93 bits per heavy atom. The van der Waals surface area contributed by atoms with Crippen LogP contribution in [0.2, 0.25) is 0 Å². The fraction of sp³-hybridized carbons (Fsp3) is 0.591. The molecule has 3 heterocycles. The van der Waals surface area contributed by atoms with E-state index in [4.69, 9.17) is 5.11 Å². The van der Waals surface area contributed by atoms with Crippen molar-refractivity contribution in [3.8, 4) is 0 Å². The second-order valence-electron chi connectivity index (χ2n) is 8.31. The minimum Gasteiger partial charge on any atom is -0.481 e. The molecule has 4 atom stereocenters. The summed E-state index contributed by atoms with van der Waals surface area (Å²) >= 11 is 3.52. The van der Waals surface area contributed by atoms with Crippen molar-refractivity contribution < 1.29 is 9.90 Å². The molecule has 0 aromatic heterocycles. The summed E-state index contributed by atoms with van der Waals surface area (Å²) in [4.78, 5) is 16.4. The lowest BCUT2D eigenvalue weighted by molar-refractivity contribution is -0.136. The third-order valence-corrected chi connectivity index (χ3v) is 7.13. The van der Waals surface area contributed by atoms with E-state index in [0.29, 0.717) is 18.0 Å². The molecule has 0 unspecified atom stereocenters. The van der Waals surface area contributed by atoms with Gasteiger partial charge in [0, 0.05) is 29.6 Å². The molecule has 3 saturated heterocycles. The number of benzene rings is 1. The van der Waals surface area contributed by atoms with Gasteiger partial charge in [-0.1, -0.05) is 40.2 Å². The Balaban J connectivity index is 1.59. The molecular weight excluding hydrogens is 404 g/mol. The van der Waals surface area contributed by atoms with Crippen molar-refractivity contribution >= 4 is 21.9 Å². The maximum absolute atomic E-state index is 11.0. The van der Waals surface area contributed by atoms with E-state index in [2.05, 4.69) is 56.1 Å². The number of carboxylic acid groups (broad SMARTS) is 1. The Morgan fingerprint density at radius 1 is 1.19 bits per heavy atom. The maximum atomic E-state index is 11.0. The van der Waals surface area contributed by atoms with Crippen molar-refractivity contribution in [1.82, 2.24) is 9.80 Å². The Hall–Kier alpha value is -1.17. The van der Waals surface area contributed by atoms with E-state index < -0.39 is 5.97 Å². The number of rotatable bonds is 5. The SMILES string of the molecule is O=C(O)C/C=C/[C@@H]1[C@H]2CCCN3CCC[C@@H](CN1Cc1ccc(Br)cc1)[C@@H]23. The standard InChI is InChI=1S/C22H29BrN2O2/c23-18-10-8-16(9-11-18)14-25-15-17-4-2-12-24-13-3-5-19(22(17)24)20(25)6-1-7-21(26)27/h1,6,8-11,17,19-20,22H,2-5,7,12-15H2,(H,26,27)/b6-1+/t17-,19+,20+,22-/m0/s1. The number of piperidine rings is 3. The number of likely N-dealkylation sites (tertiary alicyclic amines) is 1. The van der Waals surface area contributed by atoms with Crippen LogP contribution in [0.4, 0.5) is 0 Å². The first-order chi connectivity index (χ1) is 13.1. The summed E-state index contributed by atoms with van der Waals surface area (Å²) in [6.45, 7) is 4.55. The second kappa shape index (κ2) is 8.46. The highest BCUT2D eigenvalue weighted by Crippen LogP contribution is 2.42. The van der Waals surface area contributed by atoms with Gasteiger partial charge in [0.25, 0.3) is 0 Å². The fourth-order valence-corrected chi connectivity index (χ4v) is 5.85. The Morgan fingerprint density at radius 3 is 2.67 bits per heavy atom. The van der Waals surface area contributed by atoms with E-state index in [9.17, 15) is 4.79 Å². The molecule has 0 saturated carbocycles. The number of aliphatic carboxylic acids is 1. The van der Waals surface area contributed by atoms with Crippen molar-refractivity contribution in [1.29, 1.82) is 0 Å². The van der Waals surface area contributed by atoms with Gasteiger partial charge >= 0.3 is 5.97 Å². The molecule has 1 N–H and O–H groups in total. The summed E-state index contributed by atoms with van der Waals surface area (Å²) < 4.78 is 1.11. The number of carbonyl (C=O) groups is 1. The van der Waals surface area contributed by atoms with E-state index in [0.717, 1.165) is 23.5 Å². The lowest BCUT2D eigenvalue weighted by Crippen LogP contribution is -2.64. The fourth-order valence-electron chi connectivity index (χ4n) is 5.59. The van der Waals surface area contributed by atoms with Crippen LogP contribution in [0.25, 0.3) is 0 Å². The highest BCUT2D eigenvalue weighted by atomic mass is 79.9. The molecule has 4 nitrogen and oxygen atoms in total. The van der Waals surface area contributed by atoms with E-state index >= 15 is 0 Å². The quantitative estimate of drug-likeness (QED) is 0.709. The summed E-state index contributed by atoms with van der Waals surface area (Å²) in [5.74, 6) is 0.629. The molecule has 4 rings (SSSR count). The average Bonchev–Trinajstić information content (AvgIpc) is 2.66. The van der Waals surface area contributed by atoms with Crippen molar-refractivity contribution in [2.24, 2.45) is 11.8 Å². The summed E-state index contributed by atoms with van der Waals surface area (Å²) in [7, 11) is 0. The molecule has 0 amide bonds. The van der Waals surface area contributed by atoms with Gasteiger partial charge in [0.1, 0.15) is 0 Å². The van der Waals surface area contributed by atoms with Gasteiger partial charge in [-0.25, -0.2) is 0 Å². The van der Waals surface area contributed by atoms with E-state index in [1.54, 1.807) is 0 Å². The lowest BCUT2D eigenvalue weighted by Gasteiger charge is -2.57. The van der Waals surface area contributed by atoms with Gasteiger partial charge < -0.3 is 5.11 Å². The van der Waals surface area contributed by atoms with Crippen LogP contribution in [0.1, 0.15) is 37.7 Å². The highest BCUT2D eigenvalue weighted by molar-refractivity contribution is 9.10. The van der Waals surface area contributed by atoms with Crippen molar-refractivity contribution in [3.63, 3.8) is 0 Å². The lowest BCUT2D eigenvalue weighted by atomic mass is 9.69. The van der Waals surface area contributed by atoms with Gasteiger partial charge in [-0.3, -0.25) is 14.6 Å². The van der Waals surface area contributed by atoms with Crippen LogP contribution in [-0.2, 0) is 11.3 Å². The molecule has 0 bridgehead atoms. The molecular formula is C22H29BrN2O2. The van der Waals surface area contributed by atoms with Crippen molar-refractivity contribution in [3.05, 3.63) is 46.5 Å². The first kappa shape index (κ1) is 19.2. The van der Waals surface area contributed by atoms with Crippen LogP contribution < -0.4 is 0 Å². The number of hydrogen-bond acceptors (Lipinski definition) is 3. The van der Waals surface area contributed by atoms with Gasteiger partial charge in [0.15, 0.2) is 0 Å². The molecule has 27 heavy (non-hydrogen) atoms.